The molecule has 0 amide bonds. The number of hydrogen-bond acceptors (Lipinski definition) is 3. The Morgan fingerprint density at radius 1 is 1.16 bits per heavy atom. The van der Waals surface area contributed by atoms with Crippen molar-refractivity contribution < 1.29 is 9.90 Å². The molecule has 4 nitrogen and oxygen atoms in total. The summed E-state index contributed by atoms with van der Waals surface area (Å²) < 4.78 is 0. The predicted molar refractivity (Wildman–Crippen MR) is 77.4 cm³/mol. The van der Waals surface area contributed by atoms with E-state index in [1.165, 1.54) is 12.8 Å². The van der Waals surface area contributed by atoms with Crippen LogP contribution in [0, 0.1) is 0 Å². The Hall–Kier alpha value is -1.58. The third-order valence-electron chi connectivity index (χ3n) is 3.14. The average molecular weight is 264 g/mol. The van der Waals surface area contributed by atoms with Gasteiger partial charge in [0.25, 0.3) is 0 Å². The van der Waals surface area contributed by atoms with Crippen molar-refractivity contribution in [1.29, 1.82) is 0 Å². The minimum Gasteiger partial charge on any atom is -0.481 e. The first-order valence-electron chi connectivity index (χ1n) is 7.08. The fourth-order valence-corrected chi connectivity index (χ4v) is 2.05. The molecule has 19 heavy (non-hydrogen) atoms. The van der Waals surface area contributed by atoms with E-state index >= 15 is 0 Å². The van der Waals surface area contributed by atoms with Crippen molar-refractivity contribution >= 4 is 11.8 Å². The van der Waals surface area contributed by atoms with Gasteiger partial charge in [-0.3, -0.25) is 4.79 Å². The van der Waals surface area contributed by atoms with Gasteiger partial charge in [0.15, 0.2) is 0 Å². The molecule has 1 heterocycles. The molecular formula is C15H24N2O2. The molecule has 0 aliphatic carbocycles. The Balaban J connectivity index is 2.02. The van der Waals surface area contributed by atoms with Crippen molar-refractivity contribution in [2.45, 2.75) is 51.4 Å². The van der Waals surface area contributed by atoms with Gasteiger partial charge in [-0.05, 0) is 31.4 Å². The zero-order valence-corrected chi connectivity index (χ0v) is 11.7. The van der Waals surface area contributed by atoms with Crippen LogP contribution in [0.15, 0.2) is 18.2 Å². The lowest BCUT2D eigenvalue weighted by Gasteiger charge is -2.04. The van der Waals surface area contributed by atoms with Crippen molar-refractivity contribution in [1.82, 2.24) is 4.98 Å². The average Bonchev–Trinajstić information content (AvgIpc) is 2.41. The van der Waals surface area contributed by atoms with E-state index in [4.69, 9.17) is 5.11 Å². The predicted octanol–water partition coefficient (Wildman–Crippen LogP) is 3.48. The quantitative estimate of drug-likeness (QED) is 0.635. The first kappa shape index (κ1) is 15.5. The normalized spacial score (nSPS) is 10.4. The number of carboxylic acids is 1. The van der Waals surface area contributed by atoms with Crippen molar-refractivity contribution in [3.63, 3.8) is 0 Å². The maximum absolute atomic E-state index is 10.3. The van der Waals surface area contributed by atoms with Gasteiger partial charge in [-0.1, -0.05) is 31.7 Å². The number of aryl methyl sites for hydroxylation is 1. The fourth-order valence-electron chi connectivity index (χ4n) is 2.05. The van der Waals surface area contributed by atoms with Gasteiger partial charge in [0.2, 0.25) is 0 Å². The smallest absolute Gasteiger partial charge is 0.303 e. The second kappa shape index (κ2) is 9.36. The molecular weight excluding hydrogens is 240 g/mol. The molecule has 0 atom stereocenters. The van der Waals surface area contributed by atoms with Gasteiger partial charge in [-0.15, -0.1) is 0 Å². The summed E-state index contributed by atoms with van der Waals surface area (Å²) >= 11 is 0. The molecule has 0 saturated carbocycles. The van der Waals surface area contributed by atoms with Crippen LogP contribution in [0.4, 0.5) is 5.82 Å². The monoisotopic (exact) mass is 264 g/mol. The molecule has 106 valence electrons. The van der Waals surface area contributed by atoms with E-state index in [1.807, 2.05) is 19.2 Å². The highest BCUT2D eigenvalue weighted by atomic mass is 16.4. The summed E-state index contributed by atoms with van der Waals surface area (Å²) in [4.78, 5) is 14.8. The summed E-state index contributed by atoms with van der Waals surface area (Å²) in [6.45, 7) is 0. The molecule has 0 unspecified atom stereocenters. The number of carbonyl (C=O) groups is 1. The number of hydrogen-bond donors (Lipinski definition) is 2. The number of pyridine rings is 1. The standard InChI is InChI=1S/C15H24N2O2/c1-16-14-11-8-10-13(17-14)9-6-4-2-3-5-7-12-15(18)19/h8,10-11H,2-7,9,12H2,1H3,(H,16,17)(H,18,19). The Morgan fingerprint density at radius 2 is 1.84 bits per heavy atom. The third kappa shape index (κ3) is 7.44. The van der Waals surface area contributed by atoms with Crippen LogP contribution in [0.3, 0.4) is 0 Å². The van der Waals surface area contributed by atoms with Crippen LogP contribution >= 0.6 is 0 Å². The van der Waals surface area contributed by atoms with E-state index in [1.54, 1.807) is 0 Å². The number of carboxylic acid groups (broad SMARTS) is 1. The molecule has 0 saturated heterocycles. The number of nitrogens with zero attached hydrogens (tertiary/aromatic N) is 1. The highest BCUT2D eigenvalue weighted by Crippen LogP contribution is 2.11. The zero-order valence-electron chi connectivity index (χ0n) is 11.7. The molecule has 0 fully saturated rings. The van der Waals surface area contributed by atoms with E-state index < -0.39 is 5.97 Å². The minimum atomic E-state index is -0.685. The molecule has 4 heteroatoms. The van der Waals surface area contributed by atoms with E-state index in [9.17, 15) is 4.79 Å². The van der Waals surface area contributed by atoms with Crippen LogP contribution in [0.1, 0.15) is 50.6 Å². The van der Waals surface area contributed by atoms with E-state index in [0.717, 1.165) is 43.6 Å². The molecule has 1 aromatic rings. The van der Waals surface area contributed by atoms with Gasteiger partial charge in [0, 0.05) is 19.2 Å². The summed E-state index contributed by atoms with van der Waals surface area (Å²) in [5.41, 5.74) is 1.14. The summed E-state index contributed by atoms with van der Waals surface area (Å²) in [5.74, 6) is 0.238. The molecule has 0 aromatic carbocycles. The van der Waals surface area contributed by atoms with Gasteiger partial charge >= 0.3 is 5.97 Å². The SMILES string of the molecule is CNc1cccc(CCCCCCCCC(=O)O)n1. The second-order valence-corrected chi connectivity index (χ2v) is 4.78. The van der Waals surface area contributed by atoms with Crippen LogP contribution in [0.5, 0.6) is 0 Å². The Labute approximate surface area is 115 Å². The number of rotatable bonds is 10. The zero-order chi connectivity index (χ0) is 13.9. The number of aromatic nitrogens is 1. The van der Waals surface area contributed by atoms with Gasteiger partial charge < -0.3 is 10.4 Å². The molecule has 0 radical (unpaired) electrons. The van der Waals surface area contributed by atoms with Gasteiger partial charge in [0.05, 0.1) is 0 Å². The fraction of sp³-hybridized carbons (Fsp3) is 0.600. The van der Waals surface area contributed by atoms with Crippen LogP contribution < -0.4 is 5.32 Å². The number of aliphatic carboxylic acids is 1. The lowest BCUT2D eigenvalue weighted by molar-refractivity contribution is -0.137. The van der Waals surface area contributed by atoms with Gasteiger partial charge in [0.1, 0.15) is 5.82 Å². The van der Waals surface area contributed by atoms with Crippen molar-refractivity contribution in [2.75, 3.05) is 12.4 Å². The topological polar surface area (TPSA) is 62.2 Å². The number of nitrogens with one attached hydrogen (secondary N) is 1. The Morgan fingerprint density at radius 3 is 2.53 bits per heavy atom. The van der Waals surface area contributed by atoms with E-state index in [2.05, 4.69) is 16.4 Å². The van der Waals surface area contributed by atoms with Crippen molar-refractivity contribution in [3.05, 3.63) is 23.9 Å². The Bertz CT molecular complexity index is 380. The second-order valence-electron chi connectivity index (χ2n) is 4.78. The largest absolute Gasteiger partial charge is 0.481 e. The van der Waals surface area contributed by atoms with Gasteiger partial charge in [-0.2, -0.15) is 0 Å². The molecule has 0 aliphatic rings. The first-order chi connectivity index (χ1) is 9.22. The first-order valence-corrected chi connectivity index (χ1v) is 7.08. The molecule has 1 rings (SSSR count). The molecule has 0 bridgehead atoms. The summed E-state index contributed by atoms with van der Waals surface area (Å²) in [5, 5.41) is 11.6. The van der Waals surface area contributed by atoms with Crippen LogP contribution in [-0.4, -0.2) is 23.1 Å². The van der Waals surface area contributed by atoms with Crippen LogP contribution in [-0.2, 0) is 11.2 Å². The highest BCUT2D eigenvalue weighted by molar-refractivity contribution is 5.66. The maximum atomic E-state index is 10.3. The Kier molecular flexibility index (Phi) is 7.63. The van der Waals surface area contributed by atoms with Crippen molar-refractivity contribution in [3.8, 4) is 0 Å². The molecule has 1 aromatic heterocycles. The maximum Gasteiger partial charge on any atom is 0.303 e. The molecule has 0 spiro atoms. The van der Waals surface area contributed by atoms with Crippen molar-refractivity contribution in [2.24, 2.45) is 0 Å². The lowest BCUT2D eigenvalue weighted by Crippen LogP contribution is -1.96. The van der Waals surface area contributed by atoms with E-state index in [0.29, 0.717) is 6.42 Å². The third-order valence-corrected chi connectivity index (χ3v) is 3.14. The molecule has 0 aliphatic heterocycles. The van der Waals surface area contributed by atoms with Crippen LogP contribution in [0.2, 0.25) is 0 Å². The number of unbranched alkanes of at least 4 members (excludes halogenated alkanes) is 5. The lowest BCUT2D eigenvalue weighted by atomic mass is 10.1. The number of anilines is 1. The highest BCUT2D eigenvalue weighted by Gasteiger charge is 1.98. The molecule has 2 N–H and O–H groups in total. The summed E-state index contributed by atoms with van der Waals surface area (Å²) in [6.07, 6.45) is 7.83. The van der Waals surface area contributed by atoms with Gasteiger partial charge in [-0.25, -0.2) is 4.98 Å². The van der Waals surface area contributed by atoms with E-state index in [-0.39, 0.29) is 0 Å². The summed E-state index contributed by atoms with van der Waals surface area (Å²) in [6, 6.07) is 6.06. The van der Waals surface area contributed by atoms with Crippen LogP contribution in [0.25, 0.3) is 0 Å². The summed E-state index contributed by atoms with van der Waals surface area (Å²) in [7, 11) is 1.88. The minimum absolute atomic E-state index is 0.306.